The van der Waals surface area contributed by atoms with Crippen LogP contribution in [-0.2, 0) is 0 Å². The highest BCUT2D eigenvalue weighted by Gasteiger charge is 2.22. The van der Waals surface area contributed by atoms with Gasteiger partial charge >= 0.3 is 0 Å². The van der Waals surface area contributed by atoms with E-state index in [2.05, 4.69) is 39.2 Å². The molecule has 1 fully saturated rings. The number of aryl methyl sites for hydroxylation is 1. The molecule has 0 amide bonds. The van der Waals surface area contributed by atoms with E-state index in [0.717, 1.165) is 17.0 Å². The number of aromatic nitrogens is 2. The Balaban J connectivity index is 1.84. The fraction of sp³-hybridized carbons (Fsp3) is 0.412. The number of anilines is 2. The summed E-state index contributed by atoms with van der Waals surface area (Å²) >= 11 is 0. The molecule has 1 saturated heterocycles. The quantitative estimate of drug-likeness (QED) is 0.918. The summed E-state index contributed by atoms with van der Waals surface area (Å²) in [6.07, 6.45) is 4.90. The van der Waals surface area contributed by atoms with Crippen LogP contribution in [0.5, 0.6) is 5.75 Å². The van der Waals surface area contributed by atoms with Gasteiger partial charge in [-0.25, -0.2) is 9.97 Å². The van der Waals surface area contributed by atoms with Crippen molar-refractivity contribution >= 4 is 11.6 Å². The summed E-state index contributed by atoms with van der Waals surface area (Å²) in [5.74, 6) is 1.45. The Morgan fingerprint density at radius 1 is 1.18 bits per heavy atom. The second kappa shape index (κ2) is 6.32. The minimum absolute atomic E-state index is 0.392. The Labute approximate surface area is 131 Å². The van der Waals surface area contributed by atoms with Crippen LogP contribution in [0.1, 0.15) is 30.5 Å². The molecule has 0 radical (unpaired) electrons. The summed E-state index contributed by atoms with van der Waals surface area (Å²) in [4.78, 5) is 11.0. The molecule has 1 aliphatic heterocycles. The molecule has 1 aromatic heterocycles. The molecular weight excluding hydrogens is 276 g/mol. The summed E-state index contributed by atoms with van der Waals surface area (Å²) in [6, 6.07) is 6.61. The van der Waals surface area contributed by atoms with Crippen LogP contribution in [0.2, 0.25) is 0 Å². The molecule has 1 atom stereocenters. The van der Waals surface area contributed by atoms with Crippen LogP contribution in [-0.4, -0.2) is 35.1 Å². The molecule has 3 rings (SSSR count). The Kier molecular flexibility index (Phi) is 4.24. The Morgan fingerprint density at radius 3 is 2.50 bits per heavy atom. The second-order valence-electron chi connectivity index (χ2n) is 5.77. The van der Waals surface area contributed by atoms with Crippen LogP contribution >= 0.6 is 0 Å². The van der Waals surface area contributed by atoms with Crippen LogP contribution < -0.4 is 10.1 Å². The minimum atomic E-state index is 0.392. The molecule has 1 N–H and O–H groups in total. The molecule has 5 heteroatoms. The van der Waals surface area contributed by atoms with E-state index < -0.39 is 0 Å². The number of hydrogen-bond acceptors (Lipinski definition) is 5. The van der Waals surface area contributed by atoms with E-state index in [1.54, 1.807) is 19.5 Å². The van der Waals surface area contributed by atoms with E-state index in [0.29, 0.717) is 12.0 Å². The lowest BCUT2D eigenvalue weighted by atomic mass is 10.0. The number of likely N-dealkylation sites (tertiary alicyclic amines) is 1. The average Bonchev–Trinajstić information content (AvgIpc) is 2.47. The lowest BCUT2D eigenvalue weighted by Crippen LogP contribution is -2.39. The molecule has 2 aromatic rings. The van der Waals surface area contributed by atoms with Crippen molar-refractivity contribution < 1.29 is 4.74 Å². The fourth-order valence-corrected chi connectivity index (χ4v) is 2.58. The van der Waals surface area contributed by atoms with E-state index >= 15 is 0 Å². The molecule has 0 bridgehead atoms. The fourth-order valence-electron chi connectivity index (χ4n) is 2.58. The Hall–Kier alpha value is -2.14. The van der Waals surface area contributed by atoms with Gasteiger partial charge in [-0.2, -0.15) is 0 Å². The maximum absolute atomic E-state index is 5.43. The van der Waals surface area contributed by atoms with Crippen molar-refractivity contribution in [2.75, 3.05) is 25.5 Å². The molecular formula is C17H22N4O. The number of rotatable bonds is 5. The molecule has 1 aromatic carbocycles. The van der Waals surface area contributed by atoms with Crippen molar-refractivity contribution in [3.63, 3.8) is 0 Å². The van der Waals surface area contributed by atoms with Crippen molar-refractivity contribution in [2.24, 2.45) is 0 Å². The SMILES string of the molecule is COc1cc(Nc2ncc(C)cn2)cc(C(C)N2CCC2)c1. The zero-order chi connectivity index (χ0) is 15.5. The highest BCUT2D eigenvalue weighted by molar-refractivity contribution is 5.58. The standard InChI is InChI=1S/C17H22N4O/c1-12-10-18-17(19-11-12)20-15-7-14(8-16(9-15)22-3)13(2)21-5-4-6-21/h7-11,13H,4-6H2,1-3H3,(H,18,19,20). The molecule has 116 valence electrons. The third-order valence-corrected chi connectivity index (χ3v) is 4.12. The largest absolute Gasteiger partial charge is 0.497 e. The van der Waals surface area contributed by atoms with Crippen LogP contribution in [0.15, 0.2) is 30.6 Å². The first kappa shape index (κ1) is 14.8. The van der Waals surface area contributed by atoms with E-state index in [1.165, 1.54) is 25.1 Å². The van der Waals surface area contributed by atoms with Gasteiger partial charge in [-0.3, -0.25) is 4.90 Å². The lowest BCUT2D eigenvalue weighted by molar-refractivity contribution is 0.128. The zero-order valence-corrected chi connectivity index (χ0v) is 13.3. The number of nitrogens with one attached hydrogen (secondary N) is 1. The maximum atomic E-state index is 5.43. The van der Waals surface area contributed by atoms with Gasteiger partial charge in [-0.1, -0.05) is 0 Å². The maximum Gasteiger partial charge on any atom is 0.227 e. The number of ether oxygens (including phenoxy) is 1. The summed E-state index contributed by atoms with van der Waals surface area (Å²) in [6.45, 7) is 6.55. The third-order valence-electron chi connectivity index (χ3n) is 4.12. The van der Waals surface area contributed by atoms with Gasteiger partial charge in [0.2, 0.25) is 5.95 Å². The summed E-state index contributed by atoms with van der Waals surface area (Å²) in [7, 11) is 1.69. The van der Waals surface area contributed by atoms with Crippen LogP contribution in [0.4, 0.5) is 11.6 Å². The van der Waals surface area contributed by atoms with Crippen molar-refractivity contribution in [3.05, 3.63) is 41.7 Å². The first-order valence-electron chi connectivity index (χ1n) is 7.64. The van der Waals surface area contributed by atoms with E-state index in [9.17, 15) is 0 Å². The molecule has 2 heterocycles. The monoisotopic (exact) mass is 298 g/mol. The van der Waals surface area contributed by atoms with E-state index in [4.69, 9.17) is 4.74 Å². The summed E-state index contributed by atoms with van der Waals surface area (Å²) < 4.78 is 5.43. The zero-order valence-electron chi connectivity index (χ0n) is 13.3. The minimum Gasteiger partial charge on any atom is -0.497 e. The first-order chi connectivity index (χ1) is 10.7. The number of benzene rings is 1. The molecule has 0 saturated carbocycles. The smallest absolute Gasteiger partial charge is 0.227 e. The van der Waals surface area contributed by atoms with E-state index in [-0.39, 0.29) is 0 Å². The van der Waals surface area contributed by atoms with Crippen LogP contribution in [0.3, 0.4) is 0 Å². The number of methoxy groups -OCH3 is 1. The molecule has 22 heavy (non-hydrogen) atoms. The highest BCUT2D eigenvalue weighted by atomic mass is 16.5. The van der Waals surface area contributed by atoms with Crippen molar-refractivity contribution in [3.8, 4) is 5.75 Å². The van der Waals surface area contributed by atoms with Gasteiger partial charge in [-0.05, 0) is 56.6 Å². The molecule has 0 spiro atoms. The van der Waals surface area contributed by atoms with Crippen LogP contribution in [0, 0.1) is 6.92 Å². The van der Waals surface area contributed by atoms with E-state index in [1.807, 2.05) is 13.0 Å². The van der Waals surface area contributed by atoms with Gasteiger partial charge in [0.15, 0.2) is 0 Å². The second-order valence-corrected chi connectivity index (χ2v) is 5.77. The highest BCUT2D eigenvalue weighted by Crippen LogP contribution is 2.31. The normalized spacial score (nSPS) is 16.0. The van der Waals surface area contributed by atoms with Gasteiger partial charge in [0.1, 0.15) is 5.75 Å². The molecule has 1 unspecified atom stereocenters. The molecule has 5 nitrogen and oxygen atoms in total. The predicted molar refractivity (Wildman–Crippen MR) is 87.7 cm³/mol. The van der Waals surface area contributed by atoms with Gasteiger partial charge in [0.05, 0.1) is 7.11 Å². The van der Waals surface area contributed by atoms with Crippen molar-refractivity contribution in [1.29, 1.82) is 0 Å². The summed E-state index contributed by atoms with van der Waals surface area (Å²) in [5.41, 5.74) is 3.24. The van der Waals surface area contributed by atoms with Crippen LogP contribution in [0.25, 0.3) is 0 Å². The van der Waals surface area contributed by atoms with Crippen molar-refractivity contribution in [1.82, 2.24) is 14.9 Å². The topological polar surface area (TPSA) is 50.3 Å². The van der Waals surface area contributed by atoms with Gasteiger partial charge in [0, 0.05) is 30.2 Å². The summed E-state index contributed by atoms with van der Waals surface area (Å²) in [5, 5.41) is 3.26. The van der Waals surface area contributed by atoms with Gasteiger partial charge in [0.25, 0.3) is 0 Å². The average molecular weight is 298 g/mol. The Morgan fingerprint density at radius 2 is 1.91 bits per heavy atom. The number of hydrogen-bond donors (Lipinski definition) is 1. The first-order valence-corrected chi connectivity index (χ1v) is 7.64. The molecule has 1 aliphatic rings. The van der Waals surface area contributed by atoms with Gasteiger partial charge < -0.3 is 10.1 Å². The van der Waals surface area contributed by atoms with Gasteiger partial charge in [-0.15, -0.1) is 0 Å². The number of nitrogens with zero attached hydrogens (tertiary/aromatic N) is 3. The van der Waals surface area contributed by atoms with Crippen molar-refractivity contribution in [2.45, 2.75) is 26.3 Å². The predicted octanol–water partition coefficient (Wildman–Crippen LogP) is 3.30. The lowest BCUT2D eigenvalue weighted by Gasteiger charge is -2.36. The molecule has 0 aliphatic carbocycles. The third kappa shape index (κ3) is 3.20. The Bertz CT molecular complexity index is 638.